The summed E-state index contributed by atoms with van der Waals surface area (Å²) in [6, 6.07) is 5.89. The minimum atomic E-state index is 0.257. The quantitative estimate of drug-likeness (QED) is 0.850. The van der Waals surface area contributed by atoms with Crippen LogP contribution in [-0.2, 0) is 6.42 Å². The van der Waals surface area contributed by atoms with Crippen molar-refractivity contribution in [3.05, 3.63) is 40.9 Å². The second kappa shape index (κ2) is 5.98. The van der Waals surface area contributed by atoms with Crippen molar-refractivity contribution in [2.24, 2.45) is 5.92 Å². The molecule has 1 aromatic carbocycles. The molecule has 1 aliphatic carbocycles. The van der Waals surface area contributed by atoms with Crippen LogP contribution in [0.3, 0.4) is 0 Å². The van der Waals surface area contributed by atoms with E-state index in [-0.39, 0.29) is 6.10 Å². The molecule has 1 aromatic rings. The van der Waals surface area contributed by atoms with Crippen molar-refractivity contribution in [1.29, 1.82) is 0 Å². The maximum absolute atomic E-state index is 6.00. The highest BCUT2D eigenvalue weighted by atomic mass is 35.5. The lowest BCUT2D eigenvalue weighted by atomic mass is 9.94. The maximum Gasteiger partial charge on any atom is 0.123 e. The van der Waals surface area contributed by atoms with Gasteiger partial charge in [0.05, 0.1) is 0 Å². The van der Waals surface area contributed by atoms with Crippen LogP contribution in [0.5, 0.6) is 5.75 Å². The molecule has 0 fully saturated rings. The molecule has 102 valence electrons. The van der Waals surface area contributed by atoms with E-state index in [1.807, 2.05) is 18.2 Å². The van der Waals surface area contributed by atoms with E-state index in [2.05, 4.69) is 17.5 Å². The van der Waals surface area contributed by atoms with Gasteiger partial charge in [0.2, 0.25) is 0 Å². The average Bonchev–Trinajstić information content (AvgIpc) is 2.82. The molecule has 1 aliphatic heterocycles. The van der Waals surface area contributed by atoms with Crippen molar-refractivity contribution < 1.29 is 4.74 Å². The van der Waals surface area contributed by atoms with Crippen LogP contribution in [0.25, 0.3) is 0 Å². The topological polar surface area (TPSA) is 21.3 Å². The Morgan fingerprint density at radius 2 is 2.21 bits per heavy atom. The lowest BCUT2D eigenvalue weighted by Gasteiger charge is -2.19. The lowest BCUT2D eigenvalue weighted by molar-refractivity contribution is 0.224. The zero-order valence-electron chi connectivity index (χ0n) is 11.1. The van der Waals surface area contributed by atoms with Gasteiger partial charge in [-0.15, -0.1) is 0 Å². The number of hydrogen-bond acceptors (Lipinski definition) is 2. The molecule has 2 atom stereocenters. The Labute approximate surface area is 119 Å². The predicted molar refractivity (Wildman–Crippen MR) is 78.9 cm³/mol. The first-order valence-corrected chi connectivity index (χ1v) is 7.50. The van der Waals surface area contributed by atoms with Crippen molar-refractivity contribution in [3.63, 3.8) is 0 Å². The van der Waals surface area contributed by atoms with Gasteiger partial charge in [-0.05, 0) is 55.5 Å². The summed E-state index contributed by atoms with van der Waals surface area (Å²) >= 11 is 6.00. The first kappa shape index (κ1) is 13.0. The highest BCUT2D eigenvalue weighted by molar-refractivity contribution is 6.30. The molecule has 1 heterocycles. The molecule has 19 heavy (non-hydrogen) atoms. The molecule has 0 radical (unpaired) electrons. The number of hydrogen-bond donors (Lipinski definition) is 1. The summed E-state index contributed by atoms with van der Waals surface area (Å²) in [5.41, 5.74) is 1.24. The molecular formula is C16H20ClNO. The third kappa shape index (κ3) is 3.31. The fraction of sp³-hybridized carbons (Fsp3) is 0.500. The normalized spacial score (nSPS) is 25.1. The van der Waals surface area contributed by atoms with Crippen LogP contribution in [0.1, 0.15) is 24.8 Å². The zero-order valence-corrected chi connectivity index (χ0v) is 11.8. The Balaban J connectivity index is 1.44. The van der Waals surface area contributed by atoms with E-state index in [0.29, 0.717) is 0 Å². The Morgan fingerprint density at radius 3 is 3.05 bits per heavy atom. The van der Waals surface area contributed by atoms with Crippen LogP contribution >= 0.6 is 11.6 Å². The summed E-state index contributed by atoms with van der Waals surface area (Å²) in [5.74, 6) is 1.79. The second-order valence-corrected chi connectivity index (χ2v) is 5.94. The number of fused-ring (bicyclic) bond motifs is 1. The van der Waals surface area contributed by atoms with Gasteiger partial charge in [-0.1, -0.05) is 23.8 Å². The van der Waals surface area contributed by atoms with Crippen LogP contribution in [0.4, 0.5) is 0 Å². The Bertz CT molecular complexity index is 472. The number of nitrogens with one attached hydrogen (secondary N) is 1. The highest BCUT2D eigenvalue weighted by Gasteiger charge is 2.22. The monoisotopic (exact) mass is 277 g/mol. The first-order valence-electron chi connectivity index (χ1n) is 7.12. The first-order chi connectivity index (χ1) is 9.31. The molecule has 0 amide bonds. The fourth-order valence-corrected chi connectivity index (χ4v) is 3.09. The van der Waals surface area contributed by atoms with Crippen LogP contribution in [0.15, 0.2) is 30.4 Å². The van der Waals surface area contributed by atoms with Gasteiger partial charge in [0.15, 0.2) is 0 Å². The number of rotatable bonds is 4. The van der Waals surface area contributed by atoms with Crippen LogP contribution < -0.4 is 10.1 Å². The summed E-state index contributed by atoms with van der Waals surface area (Å²) < 4.78 is 5.92. The summed E-state index contributed by atoms with van der Waals surface area (Å²) in [6.07, 6.45) is 9.58. The minimum absolute atomic E-state index is 0.257. The molecule has 2 nitrogen and oxygen atoms in total. The summed E-state index contributed by atoms with van der Waals surface area (Å²) in [6.45, 7) is 2.02. The molecule has 2 unspecified atom stereocenters. The second-order valence-electron chi connectivity index (χ2n) is 5.50. The fourth-order valence-electron chi connectivity index (χ4n) is 2.89. The minimum Gasteiger partial charge on any atom is -0.488 e. The van der Waals surface area contributed by atoms with E-state index < -0.39 is 0 Å². The molecule has 0 saturated carbocycles. The molecular weight excluding hydrogens is 258 g/mol. The molecule has 3 heteroatoms. The van der Waals surface area contributed by atoms with Gasteiger partial charge in [0.1, 0.15) is 11.9 Å². The molecule has 3 rings (SSSR count). The highest BCUT2D eigenvalue weighted by Crippen LogP contribution is 2.30. The van der Waals surface area contributed by atoms with E-state index in [0.717, 1.165) is 36.2 Å². The average molecular weight is 278 g/mol. The van der Waals surface area contributed by atoms with Gasteiger partial charge in [0, 0.05) is 18.0 Å². The Hall–Kier alpha value is -0.990. The van der Waals surface area contributed by atoms with Gasteiger partial charge >= 0.3 is 0 Å². The molecule has 1 N–H and O–H groups in total. The van der Waals surface area contributed by atoms with Crippen LogP contribution in [-0.4, -0.2) is 19.2 Å². The zero-order chi connectivity index (χ0) is 13.1. The van der Waals surface area contributed by atoms with Gasteiger partial charge < -0.3 is 10.1 Å². The molecule has 0 aromatic heterocycles. The van der Waals surface area contributed by atoms with E-state index in [1.54, 1.807) is 0 Å². The van der Waals surface area contributed by atoms with Crippen LogP contribution in [0.2, 0.25) is 5.02 Å². The van der Waals surface area contributed by atoms with E-state index in [9.17, 15) is 0 Å². The smallest absolute Gasteiger partial charge is 0.123 e. The molecule has 0 spiro atoms. The van der Waals surface area contributed by atoms with Gasteiger partial charge in [-0.25, -0.2) is 0 Å². The number of allylic oxidation sites excluding steroid dienone is 2. The number of benzene rings is 1. The Kier molecular flexibility index (Phi) is 4.09. The summed E-state index contributed by atoms with van der Waals surface area (Å²) in [7, 11) is 0. The Morgan fingerprint density at radius 1 is 1.26 bits per heavy atom. The number of ether oxygens (including phenoxy) is 1. The van der Waals surface area contributed by atoms with Gasteiger partial charge in [-0.2, -0.15) is 0 Å². The van der Waals surface area contributed by atoms with Crippen molar-refractivity contribution >= 4 is 11.6 Å². The SMILES string of the molecule is Clc1ccc2c(c1)CC(CNCC1CC=CCC1)O2. The summed E-state index contributed by atoms with van der Waals surface area (Å²) in [5, 5.41) is 4.35. The third-order valence-corrected chi connectivity index (χ3v) is 4.18. The maximum atomic E-state index is 6.00. The molecule has 0 saturated heterocycles. The lowest BCUT2D eigenvalue weighted by Crippen LogP contribution is -2.33. The van der Waals surface area contributed by atoms with Crippen LogP contribution in [0, 0.1) is 5.92 Å². The summed E-state index contributed by atoms with van der Waals surface area (Å²) in [4.78, 5) is 0. The third-order valence-electron chi connectivity index (χ3n) is 3.95. The van der Waals surface area contributed by atoms with Crippen molar-refractivity contribution in [3.8, 4) is 5.75 Å². The van der Waals surface area contributed by atoms with Crippen molar-refractivity contribution in [2.45, 2.75) is 31.8 Å². The van der Waals surface area contributed by atoms with Gasteiger partial charge in [0.25, 0.3) is 0 Å². The molecule has 0 bridgehead atoms. The standard InChI is InChI=1S/C16H20ClNO/c17-14-6-7-16-13(8-14)9-15(19-16)11-18-10-12-4-2-1-3-5-12/h1-2,6-8,12,15,18H,3-5,9-11H2. The number of halogens is 1. The van der Waals surface area contributed by atoms with Gasteiger partial charge in [-0.3, -0.25) is 0 Å². The molecule has 2 aliphatic rings. The van der Waals surface area contributed by atoms with Crippen molar-refractivity contribution in [1.82, 2.24) is 5.32 Å². The predicted octanol–water partition coefficient (Wildman–Crippen LogP) is 3.59. The largest absolute Gasteiger partial charge is 0.488 e. The van der Waals surface area contributed by atoms with E-state index >= 15 is 0 Å². The van der Waals surface area contributed by atoms with E-state index in [4.69, 9.17) is 16.3 Å². The van der Waals surface area contributed by atoms with E-state index in [1.165, 1.54) is 24.8 Å². The van der Waals surface area contributed by atoms with Crippen molar-refractivity contribution in [2.75, 3.05) is 13.1 Å².